The van der Waals surface area contributed by atoms with Crippen LogP contribution in [0.1, 0.15) is 31.3 Å². The first-order valence-electron chi connectivity index (χ1n) is 6.25. The summed E-state index contributed by atoms with van der Waals surface area (Å²) in [4.78, 5) is 11.0. The van der Waals surface area contributed by atoms with E-state index in [0.29, 0.717) is 19.1 Å². The van der Waals surface area contributed by atoms with Gasteiger partial charge in [0.1, 0.15) is 11.6 Å². The molecule has 0 aliphatic carbocycles. The molecule has 0 fully saturated rings. The average molecular weight is 252 g/mol. The van der Waals surface area contributed by atoms with Crippen LogP contribution in [-0.2, 0) is 4.74 Å². The number of aromatic nitrogens is 2. The largest absolute Gasteiger partial charge is 0.383 e. The molecule has 0 amide bonds. The van der Waals surface area contributed by atoms with E-state index < -0.39 is 0 Å². The van der Waals surface area contributed by atoms with Crippen LogP contribution in [0.4, 0.5) is 5.82 Å². The van der Waals surface area contributed by atoms with Gasteiger partial charge in [-0.1, -0.05) is 13.8 Å². The fraction of sp³-hybridized carbons (Fsp3) is 0.692. The Morgan fingerprint density at radius 3 is 2.61 bits per heavy atom. The zero-order valence-corrected chi connectivity index (χ0v) is 12.0. The molecule has 0 aliphatic heterocycles. The minimum Gasteiger partial charge on any atom is -0.383 e. The van der Waals surface area contributed by atoms with Gasteiger partial charge in [0, 0.05) is 44.4 Å². The Balaban J connectivity index is 2.81. The van der Waals surface area contributed by atoms with Gasteiger partial charge in [-0.2, -0.15) is 0 Å². The van der Waals surface area contributed by atoms with Gasteiger partial charge in [0.2, 0.25) is 0 Å². The minimum atomic E-state index is -0.0160. The number of nitrogens with two attached hydrogens (primary N) is 1. The molecule has 5 heteroatoms. The van der Waals surface area contributed by atoms with Crippen molar-refractivity contribution in [1.29, 1.82) is 0 Å². The molecule has 0 aromatic carbocycles. The highest BCUT2D eigenvalue weighted by Gasteiger charge is 2.12. The van der Waals surface area contributed by atoms with Gasteiger partial charge in [-0.3, -0.25) is 0 Å². The lowest BCUT2D eigenvalue weighted by Gasteiger charge is -2.23. The van der Waals surface area contributed by atoms with E-state index in [1.807, 2.05) is 24.9 Å². The van der Waals surface area contributed by atoms with Crippen LogP contribution < -0.4 is 10.6 Å². The molecule has 1 heterocycles. The quantitative estimate of drug-likeness (QED) is 0.827. The molecule has 0 bridgehead atoms. The standard InChI is InChI=1S/C13H24N4O/c1-9(2)13-15-10(3)6-12(16-13)17(4)7-11(14)8-18-5/h6,9,11H,7-8,14H2,1-5H3. The Kier molecular flexibility index (Phi) is 5.50. The zero-order valence-electron chi connectivity index (χ0n) is 12.0. The van der Waals surface area contributed by atoms with Crippen molar-refractivity contribution in [1.82, 2.24) is 9.97 Å². The summed E-state index contributed by atoms with van der Waals surface area (Å²) in [6.07, 6.45) is 0. The Morgan fingerprint density at radius 1 is 1.39 bits per heavy atom. The molecule has 1 aromatic rings. The van der Waals surface area contributed by atoms with Gasteiger partial charge in [0.15, 0.2) is 0 Å². The number of methoxy groups -OCH3 is 1. The van der Waals surface area contributed by atoms with Gasteiger partial charge >= 0.3 is 0 Å². The van der Waals surface area contributed by atoms with Crippen molar-refractivity contribution in [3.63, 3.8) is 0 Å². The molecular weight excluding hydrogens is 228 g/mol. The number of anilines is 1. The molecule has 1 atom stereocenters. The highest BCUT2D eigenvalue weighted by Crippen LogP contribution is 2.16. The molecule has 1 rings (SSSR count). The van der Waals surface area contributed by atoms with E-state index in [-0.39, 0.29) is 6.04 Å². The van der Waals surface area contributed by atoms with Crippen LogP contribution >= 0.6 is 0 Å². The molecule has 0 aliphatic rings. The molecule has 0 radical (unpaired) electrons. The summed E-state index contributed by atoms with van der Waals surface area (Å²) in [6.45, 7) is 7.43. The van der Waals surface area contributed by atoms with E-state index in [9.17, 15) is 0 Å². The van der Waals surface area contributed by atoms with Crippen LogP contribution in [0.3, 0.4) is 0 Å². The summed E-state index contributed by atoms with van der Waals surface area (Å²) in [5, 5.41) is 0. The molecule has 1 aromatic heterocycles. The topological polar surface area (TPSA) is 64.3 Å². The average Bonchev–Trinajstić information content (AvgIpc) is 2.28. The first kappa shape index (κ1) is 14.9. The number of hydrogen-bond acceptors (Lipinski definition) is 5. The molecule has 1 unspecified atom stereocenters. The maximum absolute atomic E-state index is 5.95. The number of hydrogen-bond donors (Lipinski definition) is 1. The second-order valence-electron chi connectivity index (χ2n) is 4.98. The van der Waals surface area contributed by atoms with Crippen molar-refractivity contribution in [3.05, 3.63) is 17.6 Å². The molecule has 0 saturated carbocycles. The van der Waals surface area contributed by atoms with E-state index in [2.05, 4.69) is 23.8 Å². The first-order valence-corrected chi connectivity index (χ1v) is 6.25. The van der Waals surface area contributed by atoms with Crippen LogP contribution in [0, 0.1) is 6.92 Å². The molecule has 0 spiro atoms. The van der Waals surface area contributed by atoms with Crippen LogP contribution in [0.5, 0.6) is 0 Å². The number of likely N-dealkylation sites (N-methyl/N-ethyl adjacent to an activating group) is 1. The van der Waals surface area contributed by atoms with Crippen LogP contribution in [0.25, 0.3) is 0 Å². The highest BCUT2D eigenvalue weighted by molar-refractivity contribution is 5.39. The van der Waals surface area contributed by atoms with Gasteiger partial charge < -0.3 is 15.4 Å². The van der Waals surface area contributed by atoms with E-state index in [1.54, 1.807) is 7.11 Å². The molecule has 5 nitrogen and oxygen atoms in total. The normalized spacial score (nSPS) is 12.8. The predicted molar refractivity (Wildman–Crippen MR) is 74.0 cm³/mol. The van der Waals surface area contributed by atoms with Crippen molar-refractivity contribution in [2.24, 2.45) is 5.73 Å². The second-order valence-corrected chi connectivity index (χ2v) is 4.98. The van der Waals surface area contributed by atoms with E-state index in [1.165, 1.54) is 0 Å². The Morgan fingerprint density at radius 2 is 2.06 bits per heavy atom. The smallest absolute Gasteiger partial charge is 0.133 e. The molecule has 2 N–H and O–H groups in total. The minimum absolute atomic E-state index is 0.0160. The Bertz CT molecular complexity index is 381. The molecular formula is C13H24N4O. The summed E-state index contributed by atoms with van der Waals surface area (Å²) in [7, 11) is 3.65. The summed E-state index contributed by atoms with van der Waals surface area (Å²) in [6, 6.07) is 1.96. The maximum Gasteiger partial charge on any atom is 0.133 e. The zero-order chi connectivity index (χ0) is 13.7. The number of aryl methyl sites for hydroxylation is 1. The maximum atomic E-state index is 5.95. The SMILES string of the molecule is COCC(N)CN(C)c1cc(C)nc(C(C)C)n1. The number of rotatable bonds is 6. The molecule has 102 valence electrons. The third-order valence-corrected chi connectivity index (χ3v) is 2.65. The third kappa shape index (κ3) is 4.23. The Labute approximate surface area is 109 Å². The fourth-order valence-corrected chi connectivity index (χ4v) is 1.74. The van der Waals surface area contributed by atoms with Crippen LogP contribution in [0.15, 0.2) is 6.07 Å². The predicted octanol–water partition coefficient (Wildman–Crippen LogP) is 1.32. The van der Waals surface area contributed by atoms with E-state index >= 15 is 0 Å². The molecule has 0 saturated heterocycles. The molecule has 18 heavy (non-hydrogen) atoms. The van der Waals surface area contributed by atoms with Gasteiger partial charge in [0.05, 0.1) is 6.61 Å². The van der Waals surface area contributed by atoms with Gasteiger partial charge in [0.25, 0.3) is 0 Å². The fourth-order valence-electron chi connectivity index (χ4n) is 1.74. The van der Waals surface area contributed by atoms with Crippen molar-refractivity contribution in [2.75, 3.05) is 32.2 Å². The first-order chi connectivity index (χ1) is 8.43. The lowest BCUT2D eigenvalue weighted by molar-refractivity contribution is 0.181. The Hall–Kier alpha value is -1.20. The highest BCUT2D eigenvalue weighted by atomic mass is 16.5. The van der Waals surface area contributed by atoms with Crippen molar-refractivity contribution in [2.45, 2.75) is 32.7 Å². The summed E-state index contributed by atoms with van der Waals surface area (Å²) in [5.41, 5.74) is 6.93. The summed E-state index contributed by atoms with van der Waals surface area (Å²) >= 11 is 0. The summed E-state index contributed by atoms with van der Waals surface area (Å²) < 4.78 is 5.04. The van der Waals surface area contributed by atoms with E-state index in [0.717, 1.165) is 17.3 Å². The second kappa shape index (κ2) is 6.66. The van der Waals surface area contributed by atoms with Crippen LogP contribution in [0.2, 0.25) is 0 Å². The van der Waals surface area contributed by atoms with Crippen molar-refractivity contribution < 1.29 is 4.74 Å². The van der Waals surface area contributed by atoms with Crippen molar-refractivity contribution >= 4 is 5.82 Å². The van der Waals surface area contributed by atoms with Gasteiger partial charge in [-0.05, 0) is 6.92 Å². The van der Waals surface area contributed by atoms with Gasteiger partial charge in [-0.15, -0.1) is 0 Å². The lowest BCUT2D eigenvalue weighted by Crippen LogP contribution is -2.38. The monoisotopic (exact) mass is 252 g/mol. The number of nitrogens with zero attached hydrogens (tertiary/aromatic N) is 3. The third-order valence-electron chi connectivity index (χ3n) is 2.65. The number of ether oxygens (including phenoxy) is 1. The summed E-state index contributed by atoms with van der Waals surface area (Å²) in [5.74, 6) is 2.11. The van der Waals surface area contributed by atoms with E-state index in [4.69, 9.17) is 10.5 Å². The lowest BCUT2D eigenvalue weighted by atomic mass is 10.2. The van der Waals surface area contributed by atoms with Crippen molar-refractivity contribution in [3.8, 4) is 0 Å². The van der Waals surface area contributed by atoms with Crippen LogP contribution in [-0.4, -0.2) is 43.3 Å². The van der Waals surface area contributed by atoms with Gasteiger partial charge in [-0.25, -0.2) is 9.97 Å².